The summed E-state index contributed by atoms with van der Waals surface area (Å²) in [4.78, 5) is 0. The Morgan fingerprint density at radius 3 is 2.75 bits per heavy atom. The highest BCUT2D eigenvalue weighted by molar-refractivity contribution is 5.09. The zero-order chi connectivity index (χ0) is 13.9. The van der Waals surface area contributed by atoms with Gasteiger partial charge in [0.15, 0.2) is 0 Å². The second-order valence-electron chi connectivity index (χ2n) is 8.21. The van der Waals surface area contributed by atoms with Crippen molar-refractivity contribution in [2.24, 2.45) is 35.0 Å². The summed E-state index contributed by atoms with van der Waals surface area (Å²) in [5.74, 6) is 4.66. The van der Waals surface area contributed by atoms with E-state index >= 15 is 0 Å². The predicted molar refractivity (Wildman–Crippen MR) is 79.2 cm³/mol. The quantitative estimate of drug-likeness (QED) is 0.700. The second kappa shape index (κ2) is 4.50. The van der Waals surface area contributed by atoms with Gasteiger partial charge in [0.2, 0.25) is 0 Å². The number of rotatable bonds is 0. The highest BCUT2D eigenvalue weighted by Gasteiger charge is 2.56. The summed E-state index contributed by atoms with van der Waals surface area (Å²) in [5.41, 5.74) is 0.209. The van der Waals surface area contributed by atoms with Crippen LogP contribution >= 0.6 is 0 Å². The molecule has 4 aliphatic rings. The van der Waals surface area contributed by atoms with Crippen LogP contribution in [0.1, 0.15) is 58.3 Å². The van der Waals surface area contributed by atoms with Gasteiger partial charge in [-0.05, 0) is 86.0 Å². The van der Waals surface area contributed by atoms with Gasteiger partial charge < -0.3 is 10.2 Å². The van der Waals surface area contributed by atoms with Gasteiger partial charge >= 0.3 is 0 Å². The molecule has 0 aromatic heterocycles. The van der Waals surface area contributed by atoms with Crippen molar-refractivity contribution in [3.05, 3.63) is 11.8 Å². The molecule has 112 valence electrons. The molecule has 20 heavy (non-hydrogen) atoms. The zero-order valence-corrected chi connectivity index (χ0v) is 12.6. The molecule has 5 unspecified atom stereocenters. The van der Waals surface area contributed by atoms with Crippen LogP contribution in [0, 0.1) is 35.0 Å². The largest absolute Gasteiger partial charge is 0.513 e. The summed E-state index contributed by atoms with van der Waals surface area (Å²) in [6, 6.07) is 0. The Morgan fingerprint density at radius 2 is 1.90 bits per heavy atom. The van der Waals surface area contributed by atoms with Crippen LogP contribution in [-0.2, 0) is 0 Å². The molecule has 2 N–H and O–H groups in total. The van der Waals surface area contributed by atoms with Crippen LogP contribution in [0.3, 0.4) is 0 Å². The van der Waals surface area contributed by atoms with E-state index in [1.165, 1.54) is 32.1 Å². The minimum Gasteiger partial charge on any atom is -0.513 e. The zero-order valence-electron chi connectivity index (χ0n) is 12.6. The Kier molecular flexibility index (Phi) is 2.96. The second-order valence-corrected chi connectivity index (χ2v) is 8.21. The van der Waals surface area contributed by atoms with Crippen molar-refractivity contribution in [1.29, 1.82) is 0 Å². The summed E-state index contributed by atoms with van der Waals surface area (Å²) in [6.07, 6.45) is 11.5. The van der Waals surface area contributed by atoms with Crippen LogP contribution in [0.5, 0.6) is 0 Å². The Labute approximate surface area is 122 Å². The molecule has 7 atom stereocenters. The molecule has 0 bridgehead atoms. The van der Waals surface area contributed by atoms with Crippen molar-refractivity contribution in [3.8, 4) is 0 Å². The first kappa shape index (κ1) is 13.2. The van der Waals surface area contributed by atoms with Gasteiger partial charge in [-0.2, -0.15) is 0 Å². The normalized spacial score (nSPS) is 54.6. The number of aliphatic hydroxyl groups excluding tert-OH is 2. The topological polar surface area (TPSA) is 40.5 Å². The molecule has 3 saturated carbocycles. The Balaban J connectivity index is 1.60. The third-order valence-corrected chi connectivity index (χ3v) is 7.57. The lowest BCUT2D eigenvalue weighted by Crippen LogP contribution is -2.48. The fraction of sp³-hybridized carbons (Fsp3) is 0.889. The van der Waals surface area contributed by atoms with Crippen LogP contribution in [-0.4, -0.2) is 16.3 Å². The van der Waals surface area contributed by atoms with E-state index in [2.05, 4.69) is 13.0 Å². The van der Waals surface area contributed by atoms with E-state index in [1.807, 2.05) is 0 Å². The maximum absolute atomic E-state index is 10.4. The lowest BCUT2D eigenvalue weighted by Gasteiger charge is -2.54. The molecule has 3 fully saturated rings. The van der Waals surface area contributed by atoms with Crippen molar-refractivity contribution in [1.82, 2.24) is 0 Å². The minimum absolute atomic E-state index is 0.0542. The third kappa shape index (κ3) is 1.73. The van der Waals surface area contributed by atoms with E-state index in [0.29, 0.717) is 5.76 Å². The van der Waals surface area contributed by atoms with Crippen LogP contribution < -0.4 is 0 Å². The molecule has 0 saturated heterocycles. The van der Waals surface area contributed by atoms with Gasteiger partial charge in [-0.3, -0.25) is 0 Å². The molecule has 0 aromatic carbocycles. The SMILES string of the molecule is C[C@]12CCC3C(CC[C@H]4CC(O)=CCC34)C1CCC2O. The fourth-order valence-electron chi connectivity index (χ4n) is 6.45. The number of aliphatic hydroxyl groups is 2. The molecule has 0 aromatic rings. The van der Waals surface area contributed by atoms with Crippen LogP contribution in [0.15, 0.2) is 11.8 Å². The van der Waals surface area contributed by atoms with E-state index in [9.17, 15) is 10.2 Å². The number of allylic oxidation sites excluding steroid dienone is 2. The van der Waals surface area contributed by atoms with Gasteiger partial charge in [0, 0.05) is 6.42 Å². The average molecular weight is 276 g/mol. The molecule has 0 aliphatic heterocycles. The minimum atomic E-state index is -0.0542. The van der Waals surface area contributed by atoms with Gasteiger partial charge in [-0.15, -0.1) is 0 Å². The lowest BCUT2D eigenvalue weighted by atomic mass is 9.51. The number of hydrogen-bond donors (Lipinski definition) is 2. The van der Waals surface area contributed by atoms with Gasteiger partial charge in [-0.1, -0.05) is 6.92 Å². The molecule has 4 aliphatic carbocycles. The molecule has 0 heterocycles. The maximum atomic E-state index is 10.4. The molecule has 0 amide bonds. The van der Waals surface area contributed by atoms with Crippen molar-refractivity contribution in [2.45, 2.75) is 64.4 Å². The van der Waals surface area contributed by atoms with Crippen molar-refractivity contribution in [2.75, 3.05) is 0 Å². The van der Waals surface area contributed by atoms with E-state index in [-0.39, 0.29) is 11.5 Å². The maximum Gasteiger partial charge on any atom is 0.0885 e. The smallest absolute Gasteiger partial charge is 0.0885 e. The summed E-state index contributed by atoms with van der Waals surface area (Å²) >= 11 is 0. The Morgan fingerprint density at radius 1 is 1.05 bits per heavy atom. The van der Waals surface area contributed by atoms with Crippen LogP contribution in [0.25, 0.3) is 0 Å². The predicted octanol–water partition coefficient (Wildman–Crippen LogP) is 4.05. The van der Waals surface area contributed by atoms with Gasteiger partial charge in [0.1, 0.15) is 0 Å². The summed E-state index contributed by atoms with van der Waals surface area (Å²) in [6.45, 7) is 2.35. The third-order valence-electron chi connectivity index (χ3n) is 7.57. The Hall–Kier alpha value is -0.500. The van der Waals surface area contributed by atoms with E-state index < -0.39 is 0 Å². The monoisotopic (exact) mass is 276 g/mol. The first-order valence-electron chi connectivity index (χ1n) is 8.65. The first-order chi connectivity index (χ1) is 9.59. The summed E-state index contributed by atoms with van der Waals surface area (Å²) < 4.78 is 0. The number of hydrogen-bond acceptors (Lipinski definition) is 2. The first-order valence-corrected chi connectivity index (χ1v) is 8.65. The Bertz CT molecular complexity index is 429. The van der Waals surface area contributed by atoms with E-state index in [1.54, 1.807) is 0 Å². The van der Waals surface area contributed by atoms with Crippen LogP contribution in [0.4, 0.5) is 0 Å². The lowest BCUT2D eigenvalue weighted by molar-refractivity contribution is -0.0757. The van der Waals surface area contributed by atoms with Crippen molar-refractivity contribution in [3.63, 3.8) is 0 Å². The molecule has 4 rings (SSSR count). The van der Waals surface area contributed by atoms with Crippen molar-refractivity contribution >= 4 is 0 Å². The molecule has 0 radical (unpaired) electrons. The highest BCUT2D eigenvalue weighted by Crippen LogP contribution is 2.62. The molecule has 0 spiro atoms. The van der Waals surface area contributed by atoms with Crippen molar-refractivity contribution < 1.29 is 10.2 Å². The van der Waals surface area contributed by atoms with Gasteiger partial charge in [-0.25, -0.2) is 0 Å². The van der Waals surface area contributed by atoms with Gasteiger partial charge in [0.25, 0.3) is 0 Å². The average Bonchev–Trinajstić information content (AvgIpc) is 2.74. The molecule has 2 heteroatoms. The summed E-state index contributed by atoms with van der Waals surface area (Å²) in [7, 11) is 0. The summed E-state index contributed by atoms with van der Waals surface area (Å²) in [5, 5.41) is 20.2. The standard InChI is InChI=1S/C18H28O2/c1-18-9-8-14-13-5-3-12(19)10-11(13)2-4-15(14)16(18)6-7-17(18)20/h3,11,13-17,19-20H,2,4-10H2,1H3/t11-,13?,14?,15?,16?,17?,18-/m0/s1. The highest BCUT2D eigenvalue weighted by atomic mass is 16.3. The fourth-order valence-corrected chi connectivity index (χ4v) is 6.45. The van der Waals surface area contributed by atoms with Crippen LogP contribution in [0.2, 0.25) is 0 Å². The molecular formula is C18H28O2. The van der Waals surface area contributed by atoms with Gasteiger partial charge in [0.05, 0.1) is 11.9 Å². The molecule has 2 nitrogen and oxygen atoms in total. The number of fused-ring (bicyclic) bond motifs is 5. The van der Waals surface area contributed by atoms with E-state index in [4.69, 9.17) is 0 Å². The molecular weight excluding hydrogens is 248 g/mol. The van der Waals surface area contributed by atoms with E-state index in [0.717, 1.165) is 48.9 Å².